The second-order valence-electron chi connectivity index (χ2n) is 6.54. The summed E-state index contributed by atoms with van der Waals surface area (Å²) in [6.07, 6.45) is 4.06. The Kier molecular flexibility index (Phi) is 5.37. The maximum atomic E-state index is 12.2. The number of aryl methyl sites for hydroxylation is 1. The lowest BCUT2D eigenvalue weighted by Gasteiger charge is -2.11. The van der Waals surface area contributed by atoms with E-state index >= 15 is 0 Å². The van der Waals surface area contributed by atoms with Crippen molar-refractivity contribution in [3.05, 3.63) is 65.9 Å². The van der Waals surface area contributed by atoms with Crippen LogP contribution in [0, 0.1) is 0 Å². The number of carbonyl (C=O) groups is 2. The highest BCUT2D eigenvalue weighted by atomic mass is 16.2. The van der Waals surface area contributed by atoms with Gasteiger partial charge in [-0.25, -0.2) is 0 Å². The first-order valence-corrected chi connectivity index (χ1v) is 8.71. The third-order valence-corrected chi connectivity index (χ3v) is 4.32. The molecule has 2 aromatic carbocycles. The van der Waals surface area contributed by atoms with Crippen LogP contribution in [0.4, 0.5) is 5.69 Å². The highest BCUT2D eigenvalue weighted by Crippen LogP contribution is 2.19. The number of para-hydroxylation sites is 1. The summed E-state index contributed by atoms with van der Waals surface area (Å²) in [4.78, 5) is 29.0. The molecule has 2 amide bonds. The molecule has 26 heavy (non-hydrogen) atoms. The average Bonchev–Trinajstić information content (AvgIpc) is 3.04. The third kappa shape index (κ3) is 4.11. The predicted octanol–water partition coefficient (Wildman–Crippen LogP) is 3.83. The molecule has 0 fully saturated rings. The topological polar surface area (TPSA) is 65.2 Å². The number of nitrogens with one attached hydrogen (secondary N) is 2. The summed E-state index contributed by atoms with van der Waals surface area (Å²) in [7, 11) is 3.41. The molecular weight excluding hydrogens is 326 g/mol. The number of hydrogen-bond acceptors (Lipinski definition) is 2. The van der Waals surface area contributed by atoms with Crippen molar-refractivity contribution in [2.45, 2.75) is 19.3 Å². The number of benzene rings is 2. The molecule has 3 rings (SSSR count). The molecule has 0 spiro atoms. The van der Waals surface area contributed by atoms with Crippen molar-refractivity contribution in [1.29, 1.82) is 0 Å². The fourth-order valence-electron chi connectivity index (χ4n) is 2.99. The van der Waals surface area contributed by atoms with Gasteiger partial charge >= 0.3 is 0 Å². The van der Waals surface area contributed by atoms with Crippen LogP contribution in [0.5, 0.6) is 0 Å². The van der Waals surface area contributed by atoms with E-state index in [1.165, 1.54) is 15.8 Å². The number of rotatable bonds is 6. The van der Waals surface area contributed by atoms with Crippen molar-refractivity contribution >= 4 is 28.4 Å². The van der Waals surface area contributed by atoms with Crippen LogP contribution in [-0.4, -0.2) is 35.8 Å². The van der Waals surface area contributed by atoms with Crippen LogP contribution in [-0.2, 0) is 11.2 Å². The maximum absolute atomic E-state index is 12.2. The number of aromatic nitrogens is 1. The number of anilines is 1. The second kappa shape index (κ2) is 7.87. The van der Waals surface area contributed by atoms with Gasteiger partial charge in [0.1, 0.15) is 0 Å². The van der Waals surface area contributed by atoms with Gasteiger partial charge in [-0.05, 0) is 42.7 Å². The van der Waals surface area contributed by atoms with Crippen molar-refractivity contribution in [1.82, 2.24) is 9.88 Å². The molecule has 0 aliphatic carbocycles. The predicted molar refractivity (Wildman–Crippen MR) is 104 cm³/mol. The minimum absolute atomic E-state index is 0.0423. The molecule has 0 saturated heterocycles. The van der Waals surface area contributed by atoms with Crippen LogP contribution in [0.2, 0.25) is 0 Å². The smallest absolute Gasteiger partial charge is 0.253 e. The summed E-state index contributed by atoms with van der Waals surface area (Å²) < 4.78 is 0. The Morgan fingerprint density at radius 3 is 2.69 bits per heavy atom. The number of aromatic amines is 1. The van der Waals surface area contributed by atoms with E-state index in [0.29, 0.717) is 17.7 Å². The lowest BCUT2D eigenvalue weighted by atomic mass is 10.1. The first-order chi connectivity index (χ1) is 12.5. The highest BCUT2D eigenvalue weighted by Gasteiger charge is 2.10. The normalized spacial score (nSPS) is 10.7. The van der Waals surface area contributed by atoms with E-state index in [1.807, 2.05) is 24.4 Å². The van der Waals surface area contributed by atoms with Gasteiger partial charge in [0.2, 0.25) is 5.91 Å². The number of nitrogens with zero attached hydrogens (tertiary/aromatic N) is 1. The van der Waals surface area contributed by atoms with E-state index in [4.69, 9.17) is 0 Å². The van der Waals surface area contributed by atoms with Gasteiger partial charge < -0.3 is 15.2 Å². The molecule has 0 bridgehead atoms. The molecule has 0 radical (unpaired) electrons. The zero-order valence-electron chi connectivity index (χ0n) is 15.1. The Morgan fingerprint density at radius 2 is 1.88 bits per heavy atom. The van der Waals surface area contributed by atoms with Crippen LogP contribution >= 0.6 is 0 Å². The fourth-order valence-corrected chi connectivity index (χ4v) is 2.99. The molecule has 3 aromatic rings. The molecule has 0 aliphatic rings. The van der Waals surface area contributed by atoms with E-state index < -0.39 is 0 Å². The van der Waals surface area contributed by atoms with Crippen LogP contribution < -0.4 is 5.32 Å². The lowest BCUT2D eigenvalue weighted by molar-refractivity contribution is -0.116. The number of carbonyl (C=O) groups excluding carboxylic acids is 2. The second-order valence-corrected chi connectivity index (χ2v) is 6.54. The lowest BCUT2D eigenvalue weighted by Crippen LogP contribution is -2.21. The Labute approximate surface area is 153 Å². The molecule has 5 heteroatoms. The van der Waals surface area contributed by atoms with E-state index in [9.17, 15) is 9.59 Å². The number of fused-ring (bicyclic) bond motifs is 1. The van der Waals surface area contributed by atoms with Gasteiger partial charge in [0, 0.05) is 48.9 Å². The van der Waals surface area contributed by atoms with Crippen LogP contribution in [0.1, 0.15) is 28.8 Å². The quantitative estimate of drug-likeness (QED) is 0.710. The Hall–Kier alpha value is -3.08. The molecule has 1 heterocycles. The minimum Gasteiger partial charge on any atom is -0.361 e. The van der Waals surface area contributed by atoms with Crippen LogP contribution in [0.25, 0.3) is 10.9 Å². The molecule has 0 saturated carbocycles. The maximum Gasteiger partial charge on any atom is 0.253 e. The zero-order valence-corrected chi connectivity index (χ0v) is 15.1. The van der Waals surface area contributed by atoms with Crippen molar-refractivity contribution < 1.29 is 9.59 Å². The van der Waals surface area contributed by atoms with Gasteiger partial charge in [-0.3, -0.25) is 9.59 Å². The van der Waals surface area contributed by atoms with Gasteiger partial charge in [-0.1, -0.05) is 24.3 Å². The van der Waals surface area contributed by atoms with E-state index in [0.717, 1.165) is 18.4 Å². The summed E-state index contributed by atoms with van der Waals surface area (Å²) in [6.45, 7) is 0. The molecule has 0 aliphatic heterocycles. The molecule has 134 valence electrons. The molecule has 2 N–H and O–H groups in total. The van der Waals surface area contributed by atoms with Gasteiger partial charge in [0.05, 0.1) is 0 Å². The molecule has 0 atom stereocenters. The zero-order chi connectivity index (χ0) is 18.5. The first kappa shape index (κ1) is 17.7. The minimum atomic E-state index is -0.0829. The van der Waals surface area contributed by atoms with E-state index in [1.54, 1.807) is 38.4 Å². The average molecular weight is 349 g/mol. The van der Waals surface area contributed by atoms with Crippen molar-refractivity contribution in [3.63, 3.8) is 0 Å². The number of H-pyrrole nitrogens is 1. The number of amides is 2. The summed E-state index contributed by atoms with van der Waals surface area (Å²) in [5.74, 6) is -0.125. The van der Waals surface area contributed by atoms with Crippen LogP contribution in [0.15, 0.2) is 54.7 Å². The largest absolute Gasteiger partial charge is 0.361 e. The fraction of sp³-hybridized carbons (Fsp3) is 0.238. The molecular formula is C21H23N3O2. The van der Waals surface area contributed by atoms with Crippen LogP contribution in [0.3, 0.4) is 0 Å². The molecule has 0 unspecified atom stereocenters. The summed E-state index contributed by atoms with van der Waals surface area (Å²) in [5, 5.41) is 4.09. The van der Waals surface area contributed by atoms with Gasteiger partial charge in [-0.15, -0.1) is 0 Å². The standard InChI is InChI=1S/C21H23N3O2/c1-24(2)21(26)15-7-5-9-17(13-15)23-20(25)12-6-8-16-14-22-19-11-4-3-10-18(16)19/h3-5,7,9-11,13-14,22H,6,8,12H2,1-2H3,(H,23,25). The first-order valence-electron chi connectivity index (χ1n) is 8.71. The monoisotopic (exact) mass is 349 g/mol. The van der Waals surface area contributed by atoms with Gasteiger partial charge in [-0.2, -0.15) is 0 Å². The summed E-state index contributed by atoms with van der Waals surface area (Å²) in [5.41, 5.74) is 3.56. The Bertz CT molecular complexity index is 928. The van der Waals surface area contributed by atoms with Gasteiger partial charge in [0.25, 0.3) is 5.91 Å². The summed E-state index contributed by atoms with van der Waals surface area (Å²) in [6, 6.07) is 15.2. The van der Waals surface area contributed by atoms with Crippen molar-refractivity contribution in [2.24, 2.45) is 0 Å². The highest BCUT2D eigenvalue weighted by molar-refractivity contribution is 5.97. The Morgan fingerprint density at radius 1 is 1.08 bits per heavy atom. The number of hydrogen-bond donors (Lipinski definition) is 2. The third-order valence-electron chi connectivity index (χ3n) is 4.32. The Balaban J connectivity index is 1.54. The van der Waals surface area contributed by atoms with E-state index in [-0.39, 0.29) is 11.8 Å². The molecule has 5 nitrogen and oxygen atoms in total. The summed E-state index contributed by atoms with van der Waals surface area (Å²) >= 11 is 0. The van der Waals surface area contributed by atoms with Gasteiger partial charge in [0.15, 0.2) is 0 Å². The van der Waals surface area contributed by atoms with Crippen molar-refractivity contribution in [2.75, 3.05) is 19.4 Å². The SMILES string of the molecule is CN(C)C(=O)c1cccc(NC(=O)CCCc2c[nH]c3ccccc23)c1. The van der Waals surface area contributed by atoms with Crippen molar-refractivity contribution in [3.8, 4) is 0 Å². The molecule has 1 aromatic heterocycles. The van der Waals surface area contributed by atoms with E-state index in [2.05, 4.69) is 16.4 Å².